The Morgan fingerprint density at radius 1 is 1.19 bits per heavy atom. The van der Waals surface area contributed by atoms with Crippen LogP contribution in [-0.4, -0.2) is 7.05 Å². The monoisotopic (exact) mass is 217 g/mol. The molecule has 1 aromatic carbocycles. The molecule has 0 saturated heterocycles. The minimum Gasteiger partial charge on any atom is -0.313 e. The summed E-state index contributed by atoms with van der Waals surface area (Å²) in [6.07, 6.45) is 8.52. The molecule has 16 heavy (non-hydrogen) atoms. The van der Waals surface area contributed by atoms with E-state index in [1.54, 1.807) is 0 Å². The lowest BCUT2D eigenvalue weighted by atomic mass is 9.95. The highest BCUT2D eigenvalue weighted by Crippen LogP contribution is 2.31. The fourth-order valence-corrected chi connectivity index (χ4v) is 2.86. The molecule has 1 nitrogen and oxygen atoms in total. The third kappa shape index (κ3) is 3.08. The second-order valence-electron chi connectivity index (χ2n) is 4.98. The van der Waals surface area contributed by atoms with Gasteiger partial charge in [0.05, 0.1) is 0 Å². The van der Waals surface area contributed by atoms with E-state index >= 15 is 0 Å². The molecule has 0 aromatic heterocycles. The Balaban J connectivity index is 1.85. The number of hydrogen-bond acceptors (Lipinski definition) is 1. The lowest BCUT2D eigenvalue weighted by Crippen LogP contribution is -2.17. The van der Waals surface area contributed by atoms with E-state index in [1.165, 1.54) is 44.1 Å². The van der Waals surface area contributed by atoms with Gasteiger partial charge in [-0.3, -0.25) is 0 Å². The molecule has 0 radical (unpaired) electrons. The van der Waals surface area contributed by atoms with Crippen molar-refractivity contribution in [3.8, 4) is 0 Å². The molecule has 0 bridgehead atoms. The Hall–Kier alpha value is -0.820. The van der Waals surface area contributed by atoms with Crippen LogP contribution in [0.15, 0.2) is 30.3 Å². The molecule has 1 fully saturated rings. The summed E-state index contributed by atoms with van der Waals surface area (Å²) in [4.78, 5) is 0. The average molecular weight is 217 g/mol. The summed E-state index contributed by atoms with van der Waals surface area (Å²) in [6, 6.07) is 11.4. The van der Waals surface area contributed by atoms with Crippen molar-refractivity contribution in [1.29, 1.82) is 0 Å². The zero-order valence-electron chi connectivity index (χ0n) is 10.3. The van der Waals surface area contributed by atoms with Crippen molar-refractivity contribution in [2.24, 2.45) is 5.92 Å². The van der Waals surface area contributed by atoms with Crippen LogP contribution in [0.3, 0.4) is 0 Å². The summed E-state index contributed by atoms with van der Waals surface area (Å²) < 4.78 is 0. The predicted octanol–water partition coefficient (Wildman–Crippen LogP) is 3.92. The Morgan fingerprint density at radius 3 is 2.50 bits per heavy atom. The molecule has 1 atom stereocenters. The third-order valence-corrected chi connectivity index (χ3v) is 3.89. The van der Waals surface area contributed by atoms with Crippen molar-refractivity contribution in [3.63, 3.8) is 0 Å². The topological polar surface area (TPSA) is 12.0 Å². The molecule has 2 rings (SSSR count). The van der Waals surface area contributed by atoms with E-state index in [2.05, 4.69) is 42.7 Å². The second kappa shape index (κ2) is 6.05. The zero-order valence-corrected chi connectivity index (χ0v) is 10.3. The van der Waals surface area contributed by atoms with Crippen LogP contribution in [0.4, 0.5) is 0 Å². The first-order chi connectivity index (χ1) is 7.90. The van der Waals surface area contributed by atoms with E-state index in [4.69, 9.17) is 0 Å². The molecule has 88 valence electrons. The smallest absolute Gasteiger partial charge is 0.0317 e. The SMILES string of the molecule is CNC(CCC1CCCC1)c1ccccc1. The quantitative estimate of drug-likeness (QED) is 0.788. The van der Waals surface area contributed by atoms with Crippen LogP contribution in [0.2, 0.25) is 0 Å². The fourth-order valence-electron chi connectivity index (χ4n) is 2.86. The molecule has 1 heteroatoms. The Labute approximate surface area is 99.3 Å². The van der Waals surface area contributed by atoms with Gasteiger partial charge in [-0.15, -0.1) is 0 Å². The van der Waals surface area contributed by atoms with Crippen molar-refractivity contribution in [2.45, 2.75) is 44.6 Å². The van der Waals surface area contributed by atoms with Crippen molar-refractivity contribution >= 4 is 0 Å². The van der Waals surface area contributed by atoms with Crippen molar-refractivity contribution in [2.75, 3.05) is 7.05 Å². The van der Waals surface area contributed by atoms with Gasteiger partial charge in [0.1, 0.15) is 0 Å². The maximum absolute atomic E-state index is 3.44. The Kier molecular flexibility index (Phi) is 4.41. The average Bonchev–Trinajstić information content (AvgIpc) is 2.84. The molecule has 0 spiro atoms. The van der Waals surface area contributed by atoms with Crippen molar-refractivity contribution in [1.82, 2.24) is 5.32 Å². The second-order valence-corrected chi connectivity index (χ2v) is 4.98. The molecule has 1 unspecified atom stereocenters. The van der Waals surface area contributed by atoms with Crippen LogP contribution in [0, 0.1) is 5.92 Å². The highest BCUT2D eigenvalue weighted by molar-refractivity contribution is 5.18. The fraction of sp³-hybridized carbons (Fsp3) is 0.600. The van der Waals surface area contributed by atoms with Crippen molar-refractivity contribution in [3.05, 3.63) is 35.9 Å². The maximum Gasteiger partial charge on any atom is 0.0317 e. The van der Waals surface area contributed by atoms with Gasteiger partial charge in [0.2, 0.25) is 0 Å². The van der Waals surface area contributed by atoms with E-state index < -0.39 is 0 Å². The van der Waals surface area contributed by atoms with Crippen LogP contribution in [0.5, 0.6) is 0 Å². The minimum atomic E-state index is 0.543. The molecule has 1 N–H and O–H groups in total. The Morgan fingerprint density at radius 2 is 1.88 bits per heavy atom. The number of rotatable bonds is 5. The van der Waals surface area contributed by atoms with E-state index in [9.17, 15) is 0 Å². The van der Waals surface area contributed by atoms with Crippen LogP contribution >= 0.6 is 0 Å². The lowest BCUT2D eigenvalue weighted by molar-refractivity contribution is 0.427. The van der Waals surface area contributed by atoms with Crippen LogP contribution in [0.25, 0.3) is 0 Å². The largest absolute Gasteiger partial charge is 0.313 e. The molecule has 0 amide bonds. The first-order valence-corrected chi connectivity index (χ1v) is 6.62. The van der Waals surface area contributed by atoms with Gasteiger partial charge < -0.3 is 5.32 Å². The maximum atomic E-state index is 3.44. The summed E-state index contributed by atoms with van der Waals surface area (Å²) in [7, 11) is 2.08. The van der Waals surface area contributed by atoms with Gasteiger partial charge in [0.25, 0.3) is 0 Å². The Bertz CT molecular complexity index is 288. The van der Waals surface area contributed by atoms with Crippen LogP contribution in [-0.2, 0) is 0 Å². The van der Waals surface area contributed by atoms with E-state index in [0.29, 0.717) is 6.04 Å². The van der Waals surface area contributed by atoms with Gasteiger partial charge in [0, 0.05) is 6.04 Å². The van der Waals surface area contributed by atoms with Gasteiger partial charge in [-0.1, -0.05) is 56.0 Å². The van der Waals surface area contributed by atoms with Crippen molar-refractivity contribution < 1.29 is 0 Å². The molecule has 1 saturated carbocycles. The molecule has 0 aliphatic heterocycles. The summed E-state index contributed by atoms with van der Waals surface area (Å²) in [6.45, 7) is 0. The highest BCUT2D eigenvalue weighted by atomic mass is 14.9. The number of hydrogen-bond donors (Lipinski definition) is 1. The van der Waals surface area contributed by atoms with E-state index in [0.717, 1.165) is 5.92 Å². The first-order valence-electron chi connectivity index (χ1n) is 6.62. The van der Waals surface area contributed by atoms with Gasteiger partial charge in [-0.05, 0) is 31.4 Å². The third-order valence-electron chi connectivity index (χ3n) is 3.89. The predicted molar refractivity (Wildman–Crippen MR) is 69.4 cm³/mol. The highest BCUT2D eigenvalue weighted by Gasteiger charge is 2.17. The van der Waals surface area contributed by atoms with Gasteiger partial charge in [-0.25, -0.2) is 0 Å². The number of nitrogens with one attached hydrogen (secondary N) is 1. The zero-order chi connectivity index (χ0) is 11.2. The molecule has 0 heterocycles. The summed E-state index contributed by atoms with van der Waals surface area (Å²) in [5.41, 5.74) is 1.43. The van der Waals surface area contributed by atoms with Crippen LogP contribution < -0.4 is 5.32 Å². The molecule has 1 aliphatic rings. The standard InChI is InChI=1S/C15H23N/c1-16-15(14-9-3-2-4-10-14)12-11-13-7-5-6-8-13/h2-4,9-10,13,15-16H,5-8,11-12H2,1H3. The molecule has 1 aromatic rings. The van der Waals surface area contributed by atoms with Gasteiger partial charge in [-0.2, -0.15) is 0 Å². The number of benzene rings is 1. The molecule has 1 aliphatic carbocycles. The minimum absolute atomic E-state index is 0.543. The van der Waals surface area contributed by atoms with Gasteiger partial charge >= 0.3 is 0 Å². The van der Waals surface area contributed by atoms with E-state index in [-0.39, 0.29) is 0 Å². The summed E-state index contributed by atoms with van der Waals surface area (Å²) in [5, 5.41) is 3.44. The lowest BCUT2D eigenvalue weighted by Gasteiger charge is -2.18. The summed E-state index contributed by atoms with van der Waals surface area (Å²) in [5.74, 6) is 1.000. The van der Waals surface area contributed by atoms with Gasteiger partial charge in [0.15, 0.2) is 0 Å². The normalized spacial score (nSPS) is 18.8. The molecular formula is C15H23N. The van der Waals surface area contributed by atoms with E-state index in [1.807, 2.05) is 0 Å². The molecular weight excluding hydrogens is 194 g/mol. The first kappa shape index (κ1) is 11.7. The summed E-state index contributed by atoms with van der Waals surface area (Å²) >= 11 is 0. The van der Waals surface area contributed by atoms with Crippen LogP contribution in [0.1, 0.15) is 50.1 Å².